The summed E-state index contributed by atoms with van der Waals surface area (Å²) in [6.07, 6.45) is 10.2. The van der Waals surface area contributed by atoms with E-state index in [1.54, 1.807) is 46.0 Å². The fourth-order valence-corrected chi connectivity index (χ4v) is 3.73. The number of nitrogens with one attached hydrogen (secondary N) is 2. The lowest BCUT2D eigenvalue weighted by molar-refractivity contribution is -0.137. The Morgan fingerprint density at radius 1 is 1.21 bits per heavy atom. The van der Waals surface area contributed by atoms with Crippen molar-refractivity contribution in [1.29, 1.82) is 0 Å². The Kier molecular flexibility index (Phi) is 12.5. The highest BCUT2D eigenvalue weighted by atomic mass is 19.1. The highest BCUT2D eigenvalue weighted by Gasteiger charge is 2.22. The summed E-state index contributed by atoms with van der Waals surface area (Å²) < 4.78 is 19.6. The number of nitrogens with zero attached hydrogens (tertiary/aromatic N) is 2. The van der Waals surface area contributed by atoms with Gasteiger partial charge in [-0.05, 0) is 75.6 Å². The van der Waals surface area contributed by atoms with Gasteiger partial charge in [0.1, 0.15) is 23.0 Å². The van der Waals surface area contributed by atoms with Crippen LogP contribution in [0.4, 0.5) is 10.1 Å². The summed E-state index contributed by atoms with van der Waals surface area (Å²) in [7, 11) is 3.49. The second-order valence-corrected chi connectivity index (χ2v) is 8.67. The maximum absolute atomic E-state index is 14.2. The maximum atomic E-state index is 14.2. The highest BCUT2D eigenvalue weighted by molar-refractivity contribution is 6.24. The van der Waals surface area contributed by atoms with Crippen LogP contribution in [-0.4, -0.2) is 37.4 Å². The molecule has 7 heteroatoms. The lowest BCUT2D eigenvalue weighted by Gasteiger charge is -2.26. The van der Waals surface area contributed by atoms with Crippen molar-refractivity contribution in [3.8, 4) is 0 Å². The molecular weight excluding hydrogens is 491 g/mol. The van der Waals surface area contributed by atoms with Crippen LogP contribution in [0.2, 0.25) is 0 Å². The molecule has 0 aliphatic rings. The number of carbonyl (C=O) groups excluding carboxylic acids is 1. The van der Waals surface area contributed by atoms with Gasteiger partial charge in [0.2, 0.25) is 0 Å². The van der Waals surface area contributed by atoms with Crippen LogP contribution in [0.5, 0.6) is 0 Å². The molecule has 0 radical (unpaired) electrons. The molecule has 39 heavy (non-hydrogen) atoms. The molecule has 2 aromatic rings. The number of aliphatic imine (C=N–C) groups is 1. The van der Waals surface area contributed by atoms with E-state index in [0.717, 1.165) is 17.1 Å². The van der Waals surface area contributed by atoms with E-state index in [4.69, 9.17) is 4.74 Å². The SMILES string of the molecule is C=C/C=C(\C=C/C)N(C)/C(=C/Cc1ccccc1)N/C(C)=C(/C(=O)OCC)C(=NC)Nc1ccc(C)c(F)c1. The molecule has 0 heterocycles. The van der Waals surface area contributed by atoms with E-state index < -0.39 is 5.97 Å². The van der Waals surface area contributed by atoms with Gasteiger partial charge in [-0.1, -0.05) is 55.1 Å². The van der Waals surface area contributed by atoms with Crippen LogP contribution >= 0.6 is 0 Å². The van der Waals surface area contributed by atoms with Crippen LogP contribution in [0.15, 0.2) is 113 Å². The molecule has 0 atom stereocenters. The van der Waals surface area contributed by atoms with Gasteiger partial charge in [-0.3, -0.25) is 4.99 Å². The molecule has 0 aliphatic heterocycles. The smallest absolute Gasteiger partial charge is 0.343 e. The van der Waals surface area contributed by atoms with Gasteiger partial charge in [0.05, 0.1) is 6.61 Å². The van der Waals surface area contributed by atoms with Gasteiger partial charge in [-0.2, -0.15) is 0 Å². The van der Waals surface area contributed by atoms with E-state index >= 15 is 0 Å². The van der Waals surface area contributed by atoms with Crippen LogP contribution in [0.3, 0.4) is 0 Å². The Morgan fingerprint density at radius 3 is 2.51 bits per heavy atom. The predicted octanol–water partition coefficient (Wildman–Crippen LogP) is 6.66. The number of hydrogen-bond acceptors (Lipinski definition) is 5. The molecule has 0 aromatic heterocycles. The van der Waals surface area contributed by atoms with E-state index in [0.29, 0.717) is 23.4 Å². The van der Waals surface area contributed by atoms with Crippen molar-refractivity contribution in [2.75, 3.05) is 26.0 Å². The van der Waals surface area contributed by atoms with E-state index in [1.165, 1.54) is 6.07 Å². The van der Waals surface area contributed by atoms with Gasteiger partial charge >= 0.3 is 5.97 Å². The molecule has 0 spiro atoms. The fourth-order valence-electron chi connectivity index (χ4n) is 3.73. The van der Waals surface area contributed by atoms with E-state index in [9.17, 15) is 9.18 Å². The largest absolute Gasteiger partial charge is 0.462 e. The molecule has 0 amide bonds. The van der Waals surface area contributed by atoms with Crippen molar-refractivity contribution in [2.45, 2.75) is 34.1 Å². The molecule has 0 saturated carbocycles. The van der Waals surface area contributed by atoms with Crippen molar-refractivity contribution in [1.82, 2.24) is 10.2 Å². The number of halogens is 1. The third-order valence-electron chi connectivity index (χ3n) is 5.81. The van der Waals surface area contributed by atoms with Crippen LogP contribution in [0.1, 0.15) is 31.9 Å². The predicted molar refractivity (Wildman–Crippen MR) is 160 cm³/mol. The Hall–Kier alpha value is -4.39. The first kappa shape index (κ1) is 30.8. The summed E-state index contributed by atoms with van der Waals surface area (Å²) in [6, 6.07) is 14.9. The average Bonchev–Trinajstić information content (AvgIpc) is 2.92. The first-order chi connectivity index (χ1) is 18.7. The standard InChI is InChI=1S/C32H39FN4O2/c1-8-14-27(15-9-2)37(7)29(21-19-25-16-12-11-13-17-25)35-24(5)30(32(38)39-10-3)31(34-6)36-26-20-18-23(4)28(33)22-26/h8-9,11-18,20-22,35H,1,10,19H2,2-7H3,(H,34,36)/b15-9-,27-14+,29-21+,30-24+. The molecule has 206 valence electrons. The maximum Gasteiger partial charge on any atom is 0.343 e. The number of aryl methyl sites for hydroxylation is 1. The number of likely N-dealkylation sites (N-methyl/N-ethyl adjacent to an activating group) is 1. The number of anilines is 1. The van der Waals surface area contributed by atoms with Crippen LogP contribution in [0, 0.1) is 12.7 Å². The first-order valence-corrected chi connectivity index (χ1v) is 12.8. The zero-order valence-electron chi connectivity index (χ0n) is 23.7. The van der Waals surface area contributed by atoms with Gasteiger partial charge in [0.25, 0.3) is 0 Å². The monoisotopic (exact) mass is 530 g/mol. The lowest BCUT2D eigenvalue weighted by Crippen LogP contribution is -2.32. The van der Waals surface area contributed by atoms with Crippen molar-refractivity contribution in [3.63, 3.8) is 0 Å². The minimum absolute atomic E-state index is 0.190. The lowest BCUT2D eigenvalue weighted by atomic mass is 10.1. The minimum Gasteiger partial charge on any atom is -0.462 e. The van der Waals surface area contributed by atoms with Gasteiger partial charge in [0.15, 0.2) is 0 Å². The summed E-state index contributed by atoms with van der Waals surface area (Å²) in [5.74, 6) is 0.0806. The summed E-state index contributed by atoms with van der Waals surface area (Å²) in [5.41, 5.74) is 3.74. The topological polar surface area (TPSA) is 66.0 Å². The Labute approximate surface area is 232 Å². The quantitative estimate of drug-likeness (QED) is 0.106. The van der Waals surface area contributed by atoms with Gasteiger partial charge < -0.3 is 20.3 Å². The van der Waals surface area contributed by atoms with Crippen molar-refractivity contribution < 1.29 is 13.9 Å². The Morgan fingerprint density at radius 2 is 1.92 bits per heavy atom. The van der Waals surface area contributed by atoms with E-state index in [1.807, 2.05) is 61.4 Å². The molecule has 0 bridgehead atoms. The average molecular weight is 531 g/mol. The number of amidine groups is 1. The molecule has 2 N–H and O–H groups in total. The van der Waals surface area contributed by atoms with Crippen LogP contribution < -0.4 is 10.6 Å². The third-order valence-corrected chi connectivity index (χ3v) is 5.81. The number of hydrogen-bond donors (Lipinski definition) is 2. The fraction of sp³-hybridized carbons (Fsp3) is 0.250. The number of esters is 1. The van der Waals surface area contributed by atoms with Gasteiger partial charge in [-0.15, -0.1) is 0 Å². The molecule has 0 unspecified atom stereocenters. The van der Waals surface area contributed by atoms with E-state index in [2.05, 4.69) is 34.3 Å². The Balaban J connectivity index is 2.58. The van der Waals surface area contributed by atoms with Crippen molar-refractivity contribution >= 4 is 17.5 Å². The number of allylic oxidation sites excluding steroid dienone is 6. The summed E-state index contributed by atoms with van der Waals surface area (Å²) in [5, 5.41) is 6.49. The molecule has 0 aliphatic carbocycles. The summed E-state index contributed by atoms with van der Waals surface area (Å²) in [4.78, 5) is 19.5. The molecule has 6 nitrogen and oxygen atoms in total. The number of ether oxygens (including phenoxy) is 1. The van der Waals surface area contributed by atoms with E-state index in [-0.39, 0.29) is 23.8 Å². The number of rotatable bonds is 12. The van der Waals surface area contributed by atoms with Gasteiger partial charge in [0, 0.05) is 31.2 Å². The molecule has 0 fully saturated rings. The second-order valence-electron chi connectivity index (χ2n) is 8.67. The molecular formula is C32H39FN4O2. The van der Waals surface area contributed by atoms with Crippen LogP contribution in [0.25, 0.3) is 0 Å². The van der Waals surface area contributed by atoms with Crippen molar-refractivity contribution in [3.05, 3.63) is 125 Å². The second kappa shape index (κ2) is 15.8. The summed E-state index contributed by atoms with van der Waals surface area (Å²) in [6.45, 7) is 11.2. The first-order valence-electron chi connectivity index (χ1n) is 12.8. The molecule has 0 saturated heterocycles. The number of carbonyl (C=O) groups is 1. The third kappa shape index (κ3) is 9.14. The van der Waals surface area contributed by atoms with Gasteiger partial charge in [-0.25, -0.2) is 9.18 Å². The highest BCUT2D eigenvalue weighted by Crippen LogP contribution is 2.19. The normalized spacial score (nSPS) is 13.2. The minimum atomic E-state index is -0.552. The zero-order valence-corrected chi connectivity index (χ0v) is 23.7. The Bertz CT molecular complexity index is 1290. The zero-order chi connectivity index (χ0) is 28.8. The van der Waals surface area contributed by atoms with Crippen LogP contribution in [-0.2, 0) is 16.0 Å². The van der Waals surface area contributed by atoms with Crippen molar-refractivity contribution in [2.24, 2.45) is 4.99 Å². The summed E-state index contributed by atoms with van der Waals surface area (Å²) >= 11 is 0. The molecule has 2 aromatic carbocycles. The number of benzene rings is 2. The molecule has 2 rings (SSSR count).